The Bertz CT molecular complexity index is 158. The van der Waals surface area contributed by atoms with Crippen LogP contribution in [0.25, 0.3) is 0 Å². The van der Waals surface area contributed by atoms with Gasteiger partial charge in [-0.2, -0.15) is 0 Å². The molecular formula is C6H10O5. The maximum atomic E-state index is 10.5. The third-order valence-electron chi connectivity index (χ3n) is 1.61. The van der Waals surface area contributed by atoms with Crippen molar-refractivity contribution in [3.8, 4) is 0 Å². The number of carbonyl (C=O) groups is 1. The van der Waals surface area contributed by atoms with E-state index in [0.717, 1.165) is 0 Å². The second kappa shape index (κ2) is 2.77. The maximum absolute atomic E-state index is 10.5. The molecule has 1 rings (SSSR count). The average Bonchev–Trinajstić information content (AvgIpc) is 1.95. The number of rotatable bonds is 1. The molecule has 1 heterocycles. The summed E-state index contributed by atoms with van der Waals surface area (Å²) in [6.07, 6.45) is 0. The normalized spacial score (nSPS) is 38.5. The highest BCUT2D eigenvalue weighted by molar-refractivity contribution is 5.74. The lowest BCUT2D eigenvalue weighted by Gasteiger charge is -2.31. The Labute approximate surface area is 63.5 Å². The number of aliphatic hydroxyl groups excluding tert-OH is 1. The highest BCUT2D eigenvalue weighted by atomic mass is 16.8. The van der Waals surface area contributed by atoms with E-state index in [4.69, 9.17) is 10.2 Å². The minimum absolute atomic E-state index is 0.0243. The van der Waals surface area contributed by atoms with E-state index >= 15 is 0 Å². The summed E-state index contributed by atoms with van der Waals surface area (Å²) in [5, 5.41) is 17.3. The molecular weight excluding hydrogens is 152 g/mol. The Hall–Kier alpha value is -0.650. The Kier molecular flexibility index (Phi) is 2.12. The lowest BCUT2D eigenvalue weighted by molar-refractivity contribution is -0.314. The van der Waals surface area contributed by atoms with E-state index in [9.17, 15) is 4.79 Å². The van der Waals surface area contributed by atoms with Gasteiger partial charge >= 0.3 is 5.97 Å². The van der Waals surface area contributed by atoms with Crippen molar-refractivity contribution in [3.05, 3.63) is 0 Å². The lowest BCUT2D eigenvalue weighted by Crippen LogP contribution is -2.44. The van der Waals surface area contributed by atoms with Crippen LogP contribution >= 0.6 is 0 Å². The van der Waals surface area contributed by atoms with Crippen molar-refractivity contribution in [2.24, 2.45) is 5.41 Å². The molecule has 2 N–H and O–H groups in total. The molecule has 5 nitrogen and oxygen atoms in total. The van der Waals surface area contributed by atoms with Crippen molar-refractivity contribution >= 4 is 5.97 Å². The van der Waals surface area contributed by atoms with Crippen molar-refractivity contribution in [2.75, 3.05) is 13.2 Å². The van der Waals surface area contributed by atoms with Gasteiger partial charge in [0.15, 0.2) is 0 Å². The Morgan fingerprint density at radius 2 is 2.00 bits per heavy atom. The van der Waals surface area contributed by atoms with E-state index in [1.807, 2.05) is 0 Å². The first kappa shape index (κ1) is 8.45. The molecule has 1 aliphatic rings. The molecule has 11 heavy (non-hydrogen) atoms. The fraction of sp³-hybridized carbons (Fsp3) is 0.833. The molecule has 0 amide bonds. The summed E-state index contributed by atoms with van der Waals surface area (Å²) in [6, 6.07) is 0. The van der Waals surface area contributed by atoms with Crippen LogP contribution in [0.5, 0.6) is 0 Å². The minimum atomic E-state index is -1.28. The fourth-order valence-electron chi connectivity index (χ4n) is 0.724. The zero-order chi connectivity index (χ0) is 8.48. The third-order valence-corrected chi connectivity index (χ3v) is 1.61. The molecule has 0 aromatic carbocycles. The predicted octanol–water partition coefficient (Wildman–Crippen LogP) is -0.600. The first-order valence-corrected chi connectivity index (χ1v) is 3.19. The molecule has 5 heteroatoms. The molecule has 64 valence electrons. The standard InChI is InChI=1S/C6H10O5/c1-6(4(7)8)2-10-5(9)11-3-6/h5,9H,2-3H2,1H3,(H,7,8). The van der Waals surface area contributed by atoms with Crippen molar-refractivity contribution in [1.82, 2.24) is 0 Å². The number of aliphatic carboxylic acids is 1. The molecule has 1 aliphatic heterocycles. The van der Waals surface area contributed by atoms with E-state index < -0.39 is 17.9 Å². The number of hydrogen-bond donors (Lipinski definition) is 2. The zero-order valence-electron chi connectivity index (χ0n) is 6.11. The Balaban J connectivity index is 2.55. The first-order valence-electron chi connectivity index (χ1n) is 3.19. The summed E-state index contributed by atoms with van der Waals surface area (Å²) in [6.45, 7) is 0.177. The number of ether oxygens (including phenoxy) is 2. The van der Waals surface area contributed by atoms with E-state index in [2.05, 4.69) is 9.47 Å². The van der Waals surface area contributed by atoms with Crippen LogP contribution in [0.15, 0.2) is 0 Å². The van der Waals surface area contributed by atoms with Crippen LogP contribution in [0.4, 0.5) is 0 Å². The average molecular weight is 162 g/mol. The molecule has 0 unspecified atom stereocenters. The summed E-state index contributed by atoms with van der Waals surface area (Å²) in [5.41, 5.74) is -1.03. The van der Waals surface area contributed by atoms with Gasteiger partial charge in [0, 0.05) is 0 Å². The second-order valence-electron chi connectivity index (χ2n) is 2.79. The monoisotopic (exact) mass is 162 g/mol. The van der Waals surface area contributed by atoms with E-state index in [-0.39, 0.29) is 13.2 Å². The topological polar surface area (TPSA) is 76.0 Å². The minimum Gasteiger partial charge on any atom is -0.481 e. The summed E-state index contributed by atoms with van der Waals surface area (Å²) in [7, 11) is 0. The maximum Gasteiger partial charge on any atom is 0.314 e. The van der Waals surface area contributed by atoms with Crippen molar-refractivity contribution in [1.29, 1.82) is 0 Å². The number of hydrogen-bond acceptors (Lipinski definition) is 4. The lowest BCUT2D eigenvalue weighted by atomic mass is 9.93. The van der Waals surface area contributed by atoms with Gasteiger partial charge in [-0.15, -0.1) is 0 Å². The van der Waals surface area contributed by atoms with Gasteiger partial charge in [-0.1, -0.05) is 0 Å². The highest BCUT2D eigenvalue weighted by Crippen LogP contribution is 2.23. The molecule has 0 bridgehead atoms. The van der Waals surface area contributed by atoms with Crippen LogP contribution in [0.1, 0.15) is 6.92 Å². The molecule has 0 spiro atoms. The van der Waals surface area contributed by atoms with Crippen molar-refractivity contribution in [2.45, 2.75) is 13.4 Å². The van der Waals surface area contributed by atoms with Crippen LogP contribution in [0, 0.1) is 5.41 Å². The summed E-state index contributed by atoms with van der Waals surface area (Å²) >= 11 is 0. The SMILES string of the molecule is CC1(C(=O)O)COC(O)OC1. The molecule has 1 saturated heterocycles. The largest absolute Gasteiger partial charge is 0.481 e. The molecule has 0 radical (unpaired) electrons. The quantitative estimate of drug-likeness (QED) is 0.538. The zero-order valence-corrected chi connectivity index (χ0v) is 6.11. The van der Waals surface area contributed by atoms with Crippen molar-refractivity contribution < 1.29 is 24.5 Å². The Morgan fingerprint density at radius 1 is 1.55 bits per heavy atom. The molecule has 0 aromatic rings. The van der Waals surface area contributed by atoms with Gasteiger partial charge in [-0.25, -0.2) is 0 Å². The summed E-state index contributed by atoms with van der Waals surface area (Å²) < 4.78 is 9.21. The van der Waals surface area contributed by atoms with Gasteiger partial charge < -0.3 is 19.7 Å². The van der Waals surface area contributed by atoms with E-state index in [1.165, 1.54) is 6.92 Å². The number of carboxylic acids is 1. The molecule has 0 aliphatic carbocycles. The molecule has 0 atom stereocenters. The number of aliphatic hydroxyl groups is 1. The third kappa shape index (κ3) is 1.68. The summed E-state index contributed by atoms with van der Waals surface area (Å²) in [5.74, 6) is -0.982. The van der Waals surface area contributed by atoms with Gasteiger partial charge in [-0.3, -0.25) is 4.79 Å². The molecule has 0 saturated carbocycles. The van der Waals surface area contributed by atoms with E-state index in [1.54, 1.807) is 0 Å². The van der Waals surface area contributed by atoms with Crippen LogP contribution in [-0.2, 0) is 14.3 Å². The second-order valence-corrected chi connectivity index (χ2v) is 2.79. The van der Waals surface area contributed by atoms with Crippen LogP contribution in [-0.4, -0.2) is 35.9 Å². The smallest absolute Gasteiger partial charge is 0.314 e. The Morgan fingerprint density at radius 3 is 2.36 bits per heavy atom. The predicted molar refractivity (Wildman–Crippen MR) is 33.7 cm³/mol. The first-order chi connectivity index (χ1) is 5.04. The van der Waals surface area contributed by atoms with E-state index in [0.29, 0.717) is 0 Å². The highest BCUT2D eigenvalue weighted by Gasteiger charge is 2.38. The molecule has 0 aromatic heterocycles. The van der Waals surface area contributed by atoms with Gasteiger partial charge in [0.25, 0.3) is 6.48 Å². The van der Waals surface area contributed by atoms with Gasteiger partial charge in [-0.05, 0) is 6.92 Å². The number of carboxylic acid groups (broad SMARTS) is 1. The van der Waals surface area contributed by atoms with Crippen molar-refractivity contribution in [3.63, 3.8) is 0 Å². The fourth-order valence-corrected chi connectivity index (χ4v) is 0.724. The summed E-state index contributed by atoms with van der Waals surface area (Å²) in [4.78, 5) is 10.5. The van der Waals surface area contributed by atoms with Gasteiger partial charge in [0.05, 0.1) is 13.2 Å². The molecule has 1 fully saturated rings. The van der Waals surface area contributed by atoms with Crippen LogP contribution < -0.4 is 0 Å². The van der Waals surface area contributed by atoms with Crippen LogP contribution in [0.2, 0.25) is 0 Å². The van der Waals surface area contributed by atoms with Crippen LogP contribution in [0.3, 0.4) is 0 Å². The van der Waals surface area contributed by atoms with Gasteiger partial charge in [0.1, 0.15) is 5.41 Å². The van der Waals surface area contributed by atoms with Gasteiger partial charge in [0.2, 0.25) is 0 Å².